The summed E-state index contributed by atoms with van der Waals surface area (Å²) in [5, 5.41) is 11.6. The Morgan fingerprint density at radius 2 is 2.11 bits per heavy atom. The predicted octanol–water partition coefficient (Wildman–Crippen LogP) is -0.0887. The molecule has 0 spiro atoms. The number of aromatic nitrogens is 2. The van der Waals surface area contributed by atoms with Gasteiger partial charge in [-0.3, -0.25) is 0 Å². The summed E-state index contributed by atoms with van der Waals surface area (Å²) in [6.45, 7) is 0.282. The average molecular weight is 269 g/mol. The number of nitrogen functional groups attached to an aromatic ring is 1. The molecule has 0 saturated heterocycles. The first-order chi connectivity index (χ1) is 8.45. The fourth-order valence-electron chi connectivity index (χ4n) is 1.34. The minimum Gasteiger partial charge on any atom is -0.399 e. The second-order valence-electron chi connectivity index (χ2n) is 3.54. The average Bonchev–Trinajstić information content (AvgIpc) is 2.77. The third-order valence-electron chi connectivity index (χ3n) is 2.11. The molecule has 1 aromatic heterocycles. The third-order valence-corrected chi connectivity index (χ3v) is 3.01. The lowest BCUT2D eigenvalue weighted by molar-refractivity contribution is 0.411. The molecule has 2 rings (SSSR count). The van der Waals surface area contributed by atoms with Gasteiger partial charge in [-0.2, -0.15) is 4.98 Å². The van der Waals surface area contributed by atoms with E-state index in [2.05, 4.69) is 20.0 Å². The van der Waals surface area contributed by atoms with Gasteiger partial charge in [0.2, 0.25) is 16.4 Å². The zero-order chi connectivity index (χ0) is 13.2. The van der Waals surface area contributed by atoms with E-state index in [1.54, 1.807) is 6.07 Å². The number of nitrogens with one attached hydrogen (secondary N) is 1. The highest BCUT2D eigenvalue weighted by molar-refractivity contribution is 7.89. The topological polar surface area (TPSA) is 137 Å². The molecule has 1 heterocycles. The molecule has 9 heteroatoms. The van der Waals surface area contributed by atoms with Gasteiger partial charge in [-0.1, -0.05) is 5.16 Å². The third kappa shape index (κ3) is 2.96. The van der Waals surface area contributed by atoms with Gasteiger partial charge in [-0.05, 0) is 18.2 Å². The first kappa shape index (κ1) is 12.3. The van der Waals surface area contributed by atoms with Crippen LogP contribution < -0.4 is 16.2 Å². The van der Waals surface area contributed by atoms with E-state index in [0.717, 1.165) is 0 Å². The summed E-state index contributed by atoms with van der Waals surface area (Å²) >= 11 is 0. The molecular formula is C9H11N5O3S. The lowest BCUT2D eigenvalue weighted by atomic mass is 10.3. The largest absolute Gasteiger partial charge is 0.399 e. The minimum absolute atomic E-state index is 0.0573. The van der Waals surface area contributed by atoms with Gasteiger partial charge in [0.1, 0.15) is 0 Å². The van der Waals surface area contributed by atoms with Gasteiger partial charge in [0.05, 0.1) is 11.4 Å². The summed E-state index contributed by atoms with van der Waals surface area (Å²) in [4.78, 5) is 3.75. The van der Waals surface area contributed by atoms with E-state index >= 15 is 0 Å². The molecule has 2 aromatic rings. The SMILES string of the molecule is Nc1cc(NCc2ncon2)cc(S(N)(=O)=O)c1. The zero-order valence-corrected chi connectivity index (χ0v) is 10.0. The summed E-state index contributed by atoms with van der Waals surface area (Å²) in [7, 11) is -3.79. The van der Waals surface area contributed by atoms with E-state index in [-0.39, 0.29) is 17.1 Å². The van der Waals surface area contributed by atoms with Crippen LogP contribution in [-0.4, -0.2) is 18.6 Å². The van der Waals surface area contributed by atoms with Crippen LogP contribution in [0, 0.1) is 0 Å². The lowest BCUT2D eigenvalue weighted by Crippen LogP contribution is -2.13. The molecule has 0 unspecified atom stereocenters. The van der Waals surface area contributed by atoms with Crippen molar-refractivity contribution in [2.24, 2.45) is 5.14 Å². The van der Waals surface area contributed by atoms with Crippen molar-refractivity contribution in [3.8, 4) is 0 Å². The second-order valence-corrected chi connectivity index (χ2v) is 5.10. The van der Waals surface area contributed by atoms with Crippen LogP contribution in [0.3, 0.4) is 0 Å². The number of hydrogen-bond acceptors (Lipinski definition) is 7. The second kappa shape index (κ2) is 4.63. The molecule has 0 saturated carbocycles. The van der Waals surface area contributed by atoms with Gasteiger partial charge in [0.15, 0.2) is 5.82 Å². The smallest absolute Gasteiger partial charge is 0.238 e. The Kier molecular flexibility index (Phi) is 3.17. The maximum Gasteiger partial charge on any atom is 0.238 e. The van der Waals surface area contributed by atoms with Gasteiger partial charge in [0.25, 0.3) is 0 Å². The summed E-state index contributed by atoms with van der Waals surface area (Å²) in [5.74, 6) is 0.439. The van der Waals surface area contributed by atoms with E-state index < -0.39 is 10.0 Å². The van der Waals surface area contributed by atoms with Crippen molar-refractivity contribution in [3.63, 3.8) is 0 Å². The Balaban J connectivity index is 2.21. The van der Waals surface area contributed by atoms with Crippen LogP contribution in [0.4, 0.5) is 11.4 Å². The number of sulfonamides is 1. The van der Waals surface area contributed by atoms with Crippen molar-refractivity contribution in [1.82, 2.24) is 10.1 Å². The molecule has 0 fully saturated rings. The molecule has 0 atom stereocenters. The highest BCUT2D eigenvalue weighted by Crippen LogP contribution is 2.19. The van der Waals surface area contributed by atoms with Crippen molar-refractivity contribution in [3.05, 3.63) is 30.4 Å². The molecule has 8 nitrogen and oxygen atoms in total. The molecule has 0 amide bonds. The summed E-state index contributed by atoms with van der Waals surface area (Å²) in [5.41, 5.74) is 6.39. The van der Waals surface area contributed by atoms with Crippen molar-refractivity contribution in [1.29, 1.82) is 0 Å². The highest BCUT2D eigenvalue weighted by atomic mass is 32.2. The Morgan fingerprint density at radius 1 is 1.33 bits per heavy atom. The zero-order valence-electron chi connectivity index (χ0n) is 9.20. The number of anilines is 2. The molecule has 5 N–H and O–H groups in total. The Bertz CT molecular complexity index is 638. The molecule has 1 aromatic carbocycles. The fraction of sp³-hybridized carbons (Fsp3) is 0.111. The van der Waals surface area contributed by atoms with Crippen molar-refractivity contribution >= 4 is 21.4 Å². The number of nitrogens with two attached hydrogens (primary N) is 2. The lowest BCUT2D eigenvalue weighted by Gasteiger charge is -2.07. The molecular weight excluding hydrogens is 258 g/mol. The van der Waals surface area contributed by atoms with Crippen molar-refractivity contribution in [2.75, 3.05) is 11.1 Å². The number of rotatable bonds is 4. The summed E-state index contributed by atoms with van der Waals surface area (Å²) < 4.78 is 27.0. The van der Waals surface area contributed by atoms with Gasteiger partial charge < -0.3 is 15.6 Å². The number of hydrogen-bond donors (Lipinski definition) is 3. The Morgan fingerprint density at radius 3 is 2.72 bits per heavy atom. The van der Waals surface area contributed by atoms with E-state index in [1.165, 1.54) is 18.5 Å². The van der Waals surface area contributed by atoms with Crippen LogP contribution >= 0.6 is 0 Å². The molecule has 0 radical (unpaired) electrons. The van der Waals surface area contributed by atoms with E-state index in [9.17, 15) is 8.42 Å². The van der Waals surface area contributed by atoms with Gasteiger partial charge in [-0.15, -0.1) is 0 Å². The van der Waals surface area contributed by atoms with Crippen LogP contribution in [-0.2, 0) is 16.6 Å². The molecule has 18 heavy (non-hydrogen) atoms. The van der Waals surface area contributed by atoms with Gasteiger partial charge in [-0.25, -0.2) is 13.6 Å². The number of benzene rings is 1. The standard InChI is InChI=1S/C9H11N5O3S/c10-6-1-7(3-8(2-6)18(11,15)16)12-4-9-13-5-17-14-9/h1-3,5,12H,4,10H2,(H2,11,15,16). The van der Waals surface area contributed by atoms with Crippen LogP contribution in [0.1, 0.15) is 5.82 Å². The predicted molar refractivity (Wildman–Crippen MR) is 63.9 cm³/mol. The first-order valence-corrected chi connectivity index (χ1v) is 6.42. The van der Waals surface area contributed by atoms with Crippen LogP contribution in [0.25, 0.3) is 0 Å². The van der Waals surface area contributed by atoms with Crippen molar-refractivity contribution in [2.45, 2.75) is 11.4 Å². The minimum atomic E-state index is -3.79. The van der Waals surface area contributed by atoms with Crippen molar-refractivity contribution < 1.29 is 12.9 Å². The monoisotopic (exact) mass is 269 g/mol. The molecule has 96 valence electrons. The molecule has 0 aliphatic carbocycles. The maximum absolute atomic E-state index is 11.2. The van der Waals surface area contributed by atoms with E-state index in [1.807, 2.05) is 0 Å². The number of nitrogens with zero attached hydrogens (tertiary/aromatic N) is 2. The van der Waals surface area contributed by atoms with Crippen LogP contribution in [0.2, 0.25) is 0 Å². The van der Waals surface area contributed by atoms with Crippen LogP contribution in [0.5, 0.6) is 0 Å². The van der Waals surface area contributed by atoms with E-state index in [4.69, 9.17) is 10.9 Å². The van der Waals surface area contributed by atoms with Gasteiger partial charge >= 0.3 is 0 Å². The highest BCUT2D eigenvalue weighted by Gasteiger charge is 2.10. The first-order valence-electron chi connectivity index (χ1n) is 4.87. The fourth-order valence-corrected chi connectivity index (χ4v) is 1.93. The summed E-state index contributed by atoms with van der Waals surface area (Å²) in [6.07, 6.45) is 1.20. The van der Waals surface area contributed by atoms with E-state index in [0.29, 0.717) is 11.5 Å². The quantitative estimate of drug-likeness (QED) is 0.659. The molecule has 0 bridgehead atoms. The van der Waals surface area contributed by atoms with Crippen LogP contribution in [0.15, 0.2) is 34.0 Å². The van der Waals surface area contributed by atoms with Gasteiger partial charge in [0, 0.05) is 11.4 Å². The summed E-state index contributed by atoms with van der Waals surface area (Å²) in [6, 6.07) is 4.25. The molecule has 0 aliphatic rings. The Labute approximate surface area is 103 Å². The maximum atomic E-state index is 11.2. The number of primary sulfonamides is 1. The normalized spacial score (nSPS) is 11.4. The Hall–Kier alpha value is -2.13. The molecule has 0 aliphatic heterocycles.